The number of carbonyl (C=O) groups excluding carboxylic acids is 1. The van der Waals surface area contributed by atoms with Gasteiger partial charge in [0.05, 0.1) is 12.5 Å². The minimum atomic E-state index is -1.23. The highest BCUT2D eigenvalue weighted by Crippen LogP contribution is 2.34. The maximum atomic E-state index is 15.7. The van der Waals surface area contributed by atoms with Crippen LogP contribution >= 0.6 is 0 Å². The van der Waals surface area contributed by atoms with Gasteiger partial charge >= 0.3 is 11.7 Å². The van der Waals surface area contributed by atoms with Gasteiger partial charge in [-0.15, -0.1) is 0 Å². The maximum absolute atomic E-state index is 15.7. The molecular weight excluding hydrogens is 554 g/mol. The van der Waals surface area contributed by atoms with Gasteiger partial charge in [0, 0.05) is 24.0 Å². The van der Waals surface area contributed by atoms with Crippen molar-refractivity contribution in [2.24, 2.45) is 5.92 Å². The van der Waals surface area contributed by atoms with Crippen molar-refractivity contribution in [1.82, 2.24) is 19.8 Å². The number of nitrogens with zero attached hydrogens (tertiary/aromatic N) is 3. The van der Waals surface area contributed by atoms with Crippen molar-refractivity contribution in [1.29, 1.82) is 0 Å². The molecule has 0 aliphatic rings. The fraction of sp³-hybridized carbons (Fsp3) is 0.455. The van der Waals surface area contributed by atoms with Crippen molar-refractivity contribution in [2.75, 3.05) is 20.6 Å². The third kappa shape index (κ3) is 8.34. The molecule has 0 unspecified atom stereocenters. The molecule has 0 spiro atoms. The summed E-state index contributed by atoms with van der Waals surface area (Å²) in [5, 5.41) is 12.5. The molecule has 0 saturated heterocycles. The molecule has 2 aromatic carbocycles. The summed E-state index contributed by atoms with van der Waals surface area (Å²) in [5.41, 5.74) is 3.62. The zero-order valence-corrected chi connectivity index (χ0v) is 26.2. The Bertz CT molecular complexity index is 1540. The lowest BCUT2D eigenvalue weighted by molar-refractivity contribution is -0.138. The average Bonchev–Trinajstić information content (AvgIpc) is 2.87. The summed E-state index contributed by atoms with van der Waals surface area (Å²) in [5.74, 6) is -2.88. The number of amides is 1. The van der Waals surface area contributed by atoms with E-state index in [4.69, 9.17) is 0 Å². The maximum Gasteiger partial charge on any atom is 0.348 e. The van der Waals surface area contributed by atoms with E-state index in [1.54, 1.807) is 40.0 Å². The lowest BCUT2D eigenvalue weighted by atomic mass is 9.90. The molecule has 10 heteroatoms. The van der Waals surface area contributed by atoms with Crippen LogP contribution in [0.1, 0.15) is 72.3 Å². The van der Waals surface area contributed by atoms with E-state index in [1.807, 2.05) is 32.8 Å². The minimum Gasteiger partial charge on any atom is -0.481 e. The number of carboxylic acid groups (broad SMARTS) is 1. The number of aryl methyl sites for hydroxylation is 4. The number of hydrogen-bond donors (Lipinski definition) is 2. The molecule has 1 aromatic heterocycles. The Morgan fingerprint density at radius 1 is 1.02 bits per heavy atom. The molecule has 8 nitrogen and oxygen atoms in total. The van der Waals surface area contributed by atoms with E-state index >= 15 is 4.39 Å². The van der Waals surface area contributed by atoms with Crippen molar-refractivity contribution < 1.29 is 23.5 Å². The second kappa shape index (κ2) is 14.0. The van der Waals surface area contributed by atoms with Crippen LogP contribution in [0.3, 0.4) is 0 Å². The molecule has 0 radical (unpaired) electrons. The molecule has 0 aliphatic heterocycles. The molecule has 43 heavy (non-hydrogen) atoms. The topological polar surface area (TPSA) is 105 Å². The van der Waals surface area contributed by atoms with Crippen molar-refractivity contribution in [2.45, 2.75) is 72.9 Å². The quantitative estimate of drug-likeness (QED) is 0.288. The van der Waals surface area contributed by atoms with E-state index in [2.05, 4.69) is 10.3 Å². The minimum absolute atomic E-state index is 0.00108. The van der Waals surface area contributed by atoms with E-state index in [1.165, 1.54) is 22.8 Å². The number of rotatable bonds is 12. The summed E-state index contributed by atoms with van der Waals surface area (Å²) >= 11 is 0. The number of aliphatic carboxylic acids is 1. The molecule has 232 valence electrons. The van der Waals surface area contributed by atoms with Crippen LogP contribution in [0.5, 0.6) is 0 Å². The van der Waals surface area contributed by atoms with Gasteiger partial charge in [-0.1, -0.05) is 13.8 Å². The first-order valence-corrected chi connectivity index (χ1v) is 14.4. The Morgan fingerprint density at radius 2 is 1.65 bits per heavy atom. The first-order chi connectivity index (χ1) is 20.1. The number of aromatic nitrogens is 2. The molecule has 0 bridgehead atoms. The van der Waals surface area contributed by atoms with Crippen molar-refractivity contribution in [3.63, 3.8) is 0 Å². The van der Waals surface area contributed by atoms with Crippen LogP contribution in [0.4, 0.5) is 8.78 Å². The predicted molar refractivity (Wildman–Crippen MR) is 163 cm³/mol. The first-order valence-electron chi connectivity index (χ1n) is 14.4. The van der Waals surface area contributed by atoms with Crippen LogP contribution in [0.2, 0.25) is 0 Å². The van der Waals surface area contributed by atoms with E-state index in [9.17, 15) is 23.9 Å². The van der Waals surface area contributed by atoms with Crippen molar-refractivity contribution in [3.05, 3.63) is 86.1 Å². The van der Waals surface area contributed by atoms with E-state index < -0.39 is 47.7 Å². The van der Waals surface area contributed by atoms with Gasteiger partial charge in [-0.2, -0.15) is 4.98 Å². The number of benzene rings is 2. The van der Waals surface area contributed by atoms with Crippen LogP contribution in [-0.4, -0.2) is 52.1 Å². The van der Waals surface area contributed by atoms with Gasteiger partial charge in [0.15, 0.2) is 0 Å². The van der Waals surface area contributed by atoms with Gasteiger partial charge in [-0.3, -0.25) is 14.2 Å². The standard InChI is InChI=1S/C33H42F2N4O4/c1-18(2)11-28(39-17-23(9-10-38(7)8)22(6)36-33(39)43)32(42)37-27(16-29(40)41)26-15-24(12-21(5)31(26)35)30-19(3)13-25(34)14-20(30)4/h12-15,17-18,27-28H,9-11,16H2,1-8H3,(H,37,42)(H,40,41)/t27-,28-/m0/s1. The van der Waals surface area contributed by atoms with Gasteiger partial charge < -0.3 is 15.3 Å². The average molecular weight is 597 g/mol. The predicted octanol–water partition coefficient (Wildman–Crippen LogP) is 5.45. The van der Waals surface area contributed by atoms with Crippen molar-refractivity contribution in [3.8, 4) is 11.1 Å². The van der Waals surface area contributed by atoms with Crippen LogP contribution in [0.15, 0.2) is 35.3 Å². The number of nitrogens with one attached hydrogen (secondary N) is 1. The number of halogens is 2. The Morgan fingerprint density at radius 3 is 2.21 bits per heavy atom. The highest BCUT2D eigenvalue weighted by Gasteiger charge is 2.30. The summed E-state index contributed by atoms with van der Waals surface area (Å²) in [7, 11) is 3.87. The summed E-state index contributed by atoms with van der Waals surface area (Å²) in [6.07, 6.45) is 1.96. The SMILES string of the molecule is Cc1cc(-c2c(C)cc(F)cc2C)cc([C@H](CC(=O)O)NC(=O)[C@H](CC(C)C)n2cc(CCN(C)C)c(C)nc2=O)c1F. The van der Waals surface area contributed by atoms with Gasteiger partial charge in [0.2, 0.25) is 5.91 Å². The summed E-state index contributed by atoms with van der Waals surface area (Å²) in [6, 6.07) is 3.67. The molecule has 0 fully saturated rings. The van der Waals surface area contributed by atoms with E-state index in [0.717, 1.165) is 5.56 Å². The van der Waals surface area contributed by atoms with Crippen molar-refractivity contribution >= 4 is 11.9 Å². The molecule has 3 aromatic rings. The molecule has 2 atom stereocenters. The molecule has 1 amide bonds. The van der Waals surface area contributed by atoms with Gasteiger partial charge in [-0.05, 0) is 118 Å². The molecule has 2 N–H and O–H groups in total. The summed E-state index contributed by atoms with van der Waals surface area (Å²) in [4.78, 5) is 45.1. The number of hydrogen-bond acceptors (Lipinski definition) is 5. The second-order valence-corrected chi connectivity index (χ2v) is 12.0. The van der Waals surface area contributed by atoms with Gasteiger partial charge in [0.25, 0.3) is 0 Å². The monoisotopic (exact) mass is 596 g/mol. The smallest absolute Gasteiger partial charge is 0.348 e. The third-order valence-corrected chi connectivity index (χ3v) is 7.54. The lowest BCUT2D eigenvalue weighted by Gasteiger charge is -2.26. The third-order valence-electron chi connectivity index (χ3n) is 7.54. The van der Waals surface area contributed by atoms with Crippen LogP contribution < -0.4 is 11.0 Å². The Hall–Kier alpha value is -3.92. The fourth-order valence-corrected chi connectivity index (χ4v) is 5.44. The van der Waals surface area contributed by atoms with E-state index in [-0.39, 0.29) is 23.5 Å². The molecule has 1 heterocycles. The zero-order valence-electron chi connectivity index (χ0n) is 26.2. The summed E-state index contributed by atoms with van der Waals surface area (Å²) in [6.45, 7) is 11.3. The fourth-order valence-electron chi connectivity index (χ4n) is 5.44. The number of carbonyl (C=O) groups is 2. The van der Waals surface area contributed by atoms with Crippen LogP contribution in [-0.2, 0) is 16.0 Å². The van der Waals surface area contributed by atoms with E-state index in [0.29, 0.717) is 40.9 Å². The normalized spacial score (nSPS) is 12.9. The molecule has 0 aliphatic carbocycles. The Kier molecular flexibility index (Phi) is 11.0. The second-order valence-electron chi connectivity index (χ2n) is 12.0. The lowest BCUT2D eigenvalue weighted by Crippen LogP contribution is -2.41. The molecular formula is C33H42F2N4O4. The number of carboxylic acids is 1. The highest BCUT2D eigenvalue weighted by molar-refractivity contribution is 5.82. The van der Waals surface area contributed by atoms with Gasteiger partial charge in [0.1, 0.15) is 17.7 Å². The first kappa shape index (κ1) is 33.6. The molecule has 0 saturated carbocycles. The summed E-state index contributed by atoms with van der Waals surface area (Å²) < 4.78 is 31.0. The highest BCUT2D eigenvalue weighted by atomic mass is 19.1. The van der Waals surface area contributed by atoms with Gasteiger partial charge in [-0.25, -0.2) is 13.6 Å². The van der Waals surface area contributed by atoms with Crippen LogP contribution in [0.25, 0.3) is 11.1 Å². The largest absolute Gasteiger partial charge is 0.481 e. The number of likely N-dealkylation sites (N-methyl/N-ethyl adjacent to an activating group) is 1. The van der Waals surface area contributed by atoms with Crippen LogP contribution in [0, 0.1) is 45.2 Å². The Balaban J connectivity index is 2.10. The Labute approximate surface area is 251 Å². The molecule has 3 rings (SSSR count). The zero-order chi connectivity index (χ0) is 32.2.